The molecule has 1 aliphatic heterocycles. The van der Waals surface area contributed by atoms with Gasteiger partial charge >= 0.3 is 0 Å². The molecule has 0 unspecified atom stereocenters. The first-order valence-corrected chi connectivity index (χ1v) is 9.98. The first kappa shape index (κ1) is 19.0. The molecule has 0 bridgehead atoms. The maximum Gasteiger partial charge on any atom is 0.263 e. The highest BCUT2D eigenvalue weighted by atomic mass is 16.5. The lowest BCUT2D eigenvalue weighted by molar-refractivity contribution is 0.0656. The molecule has 0 radical (unpaired) electrons. The van der Waals surface area contributed by atoms with E-state index >= 15 is 0 Å². The molecule has 31 heavy (non-hydrogen) atoms. The summed E-state index contributed by atoms with van der Waals surface area (Å²) < 4.78 is 6.88. The smallest absolute Gasteiger partial charge is 0.263 e. The van der Waals surface area contributed by atoms with Gasteiger partial charge in [-0.25, -0.2) is 9.67 Å². The summed E-state index contributed by atoms with van der Waals surface area (Å²) in [7, 11) is 3.39. The summed E-state index contributed by atoms with van der Waals surface area (Å²) in [6, 6.07) is 17.3. The van der Waals surface area contributed by atoms with Gasteiger partial charge in [0.25, 0.3) is 11.8 Å². The Morgan fingerprint density at radius 2 is 1.71 bits per heavy atom. The summed E-state index contributed by atoms with van der Waals surface area (Å²) in [5.41, 5.74) is 3.79. The Balaban J connectivity index is 1.58. The number of fused-ring (bicyclic) bond motifs is 3. The van der Waals surface area contributed by atoms with E-state index in [1.807, 2.05) is 54.6 Å². The third-order valence-corrected chi connectivity index (χ3v) is 5.62. The number of aryl methyl sites for hydroxylation is 1. The maximum atomic E-state index is 13.4. The second-order valence-electron chi connectivity index (χ2n) is 7.44. The fourth-order valence-electron chi connectivity index (χ4n) is 4.01. The summed E-state index contributed by atoms with van der Waals surface area (Å²) in [6.45, 7) is 0.315. The largest absolute Gasteiger partial charge is 0.497 e. The molecule has 7 heteroatoms. The Kier molecular flexibility index (Phi) is 4.51. The van der Waals surface area contributed by atoms with Crippen molar-refractivity contribution in [2.75, 3.05) is 13.7 Å². The minimum absolute atomic E-state index is 0.300. The molecule has 0 spiro atoms. The van der Waals surface area contributed by atoms with Crippen molar-refractivity contribution in [3.63, 3.8) is 0 Å². The van der Waals surface area contributed by atoms with Crippen molar-refractivity contribution in [1.29, 1.82) is 0 Å². The van der Waals surface area contributed by atoms with E-state index in [4.69, 9.17) is 4.74 Å². The van der Waals surface area contributed by atoms with Crippen LogP contribution >= 0.6 is 0 Å². The highest BCUT2D eigenvalue weighted by Crippen LogP contribution is 2.35. The van der Waals surface area contributed by atoms with E-state index in [-0.39, 0.29) is 11.8 Å². The first-order chi connectivity index (χ1) is 15.1. The van der Waals surface area contributed by atoms with E-state index in [1.54, 1.807) is 18.8 Å². The van der Waals surface area contributed by atoms with Crippen molar-refractivity contribution in [1.82, 2.24) is 19.7 Å². The van der Waals surface area contributed by atoms with Gasteiger partial charge in [-0.05, 0) is 36.2 Å². The number of amides is 2. The highest BCUT2D eigenvalue weighted by molar-refractivity contribution is 6.27. The molecule has 0 atom stereocenters. The van der Waals surface area contributed by atoms with Crippen molar-refractivity contribution >= 4 is 22.8 Å². The predicted octanol–water partition coefficient (Wildman–Crippen LogP) is 3.48. The Bertz CT molecular complexity index is 1310. The lowest BCUT2D eigenvalue weighted by Gasteiger charge is -2.13. The fourth-order valence-corrected chi connectivity index (χ4v) is 4.01. The van der Waals surface area contributed by atoms with Crippen LogP contribution in [0.2, 0.25) is 0 Å². The number of aromatic nitrogens is 3. The normalized spacial score (nSPS) is 13.2. The van der Waals surface area contributed by atoms with Crippen LogP contribution in [-0.4, -0.2) is 45.1 Å². The zero-order chi connectivity index (χ0) is 21.5. The average Bonchev–Trinajstić information content (AvgIpc) is 3.27. The highest BCUT2D eigenvalue weighted by Gasteiger charge is 2.39. The minimum Gasteiger partial charge on any atom is -0.497 e. The number of rotatable bonds is 5. The van der Waals surface area contributed by atoms with E-state index in [0.29, 0.717) is 40.8 Å². The molecule has 2 aromatic heterocycles. The Labute approximate surface area is 178 Å². The van der Waals surface area contributed by atoms with Crippen molar-refractivity contribution in [2.24, 2.45) is 7.05 Å². The molecule has 154 valence electrons. The second kappa shape index (κ2) is 7.36. The van der Waals surface area contributed by atoms with E-state index in [9.17, 15) is 9.59 Å². The quantitative estimate of drug-likeness (QED) is 0.469. The molecule has 0 fully saturated rings. The molecule has 2 aromatic carbocycles. The van der Waals surface area contributed by atoms with E-state index in [2.05, 4.69) is 10.1 Å². The van der Waals surface area contributed by atoms with Gasteiger partial charge in [-0.3, -0.25) is 14.5 Å². The van der Waals surface area contributed by atoms with Gasteiger partial charge < -0.3 is 4.74 Å². The summed E-state index contributed by atoms with van der Waals surface area (Å²) in [6.07, 6.45) is 2.08. The topological polar surface area (TPSA) is 77.3 Å². The van der Waals surface area contributed by atoms with Gasteiger partial charge in [0.15, 0.2) is 5.65 Å². The van der Waals surface area contributed by atoms with Gasteiger partial charge in [-0.1, -0.05) is 30.3 Å². The summed E-state index contributed by atoms with van der Waals surface area (Å²) in [5, 5.41) is 5.20. The van der Waals surface area contributed by atoms with Crippen molar-refractivity contribution < 1.29 is 14.3 Å². The molecular weight excluding hydrogens is 392 g/mol. The fraction of sp³-hybridized carbons (Fsp3) is 0.167. The molecule has 3 heterocycles. The Morgan fingerprint density at radius 1 is 0.968 bits per heavy atom. The van der Waals surface area contributed by atoms with Crippen LogP contribution in [0.5, 0.6) is 5.75 Å². The zero-order valence-electron chi connectivity index (χ0n) is 17.2. The van der Waals surface area contributed by atoms with Crippen LogP contribution in [0.15, 0.2) is 60.8 Å². The first-order valence-electron chi connectivity index (χ1n) is 9.98. The van der Waals surface area contributed by atoms with Crippen molar-refractivity contribution in [3.8, 4) is 17.0 Å². The average molecular weight is 412 g/mol. The number of pyridine rings is 1. The number of hydrogen-bond donors (Lipinski definition) is 0. The zero-order valence-corrected chi connectivity index (χ0v) is 17.2. The number of carbonyl (C=O) groups is 2. The van der Waals surface area contributed by atoms with Gasteiger partial charge in [-0.15, -0.1) is 0 Å². The van der Waals surface area contributed by atoms with Gasteiger partial charge in [-0.2, -0.15) is 5.10 Å². The number of methoxy groups -OCH3 is 1. The van der Waals surface area contributed by atoms with Crippen LogP contribution in [0.4, 0.5) is 0 Å². The summed E-state index contributed by atoms with van der Waals surface area (Å²) >= 11 is 0. The van der Waals surface area contributed by atoms with Gasteiger partial charge in [0.1, 0.15) is 11.4 Å². The number of hydrogen-bond acceptors (Lipinski definition) is 5. The summed E-state index contributed by atoms with van der Waals surface area (Å²) in [5.74, 6) is 0.117. The lowest BCUT2D eigenvalue weighted by atomic mass is 10.0. The molecule has 7 nitrogen and oxygen atoms in total. The van der Waals surface area contributed by atoms with Crippen molar-refractivity contribution in [3.05, 3.63) is 77.5 Å². The van der Waals surface area contributed by atoms with Crippen LogP contribution in [0.25, 0.3) is 22.3 Å². The number of benzene rings is 2. The number of imide groups is 1. The van der Waals surface area contributed by atoms with Crippen LogP contribution in [0, 0.1) is 0 Å². The maximum absolute atomic E-state index is 13.4. The van der Waals surface area contributed by atoms with Gasteiger partial charge in [0, 0.05) is 25.4 Å². The van der Waals surface area contributed by atoms with Crippen LogP contribution in [0.3, 0.4) is 0 Å². The van der Waals surface area contributed by atoms with Gasteiger partial charge in [0.2, 0.25) is 0 Å². The van der Waals surface area contributed by atoms with E-state index in [0.717, 1.165) is 16.9 Å². The second-order valence-corrected chi connectivity index (χ2v) is 7.44. The molecular formula is C24H20N4O3. The van der Waals surface area contributed by atoms with E-state index < -0.39 is 0 Å². The molecule has 0 N–H and O–H groups in total. The van der Waals surface area contributed by atoms with Crippen molar-refractivity contribution in [2.45, 2.75) is 6.42 Å². The molecule has 0 aliphatic carbocycles. The molecule has 0 saturated heterocycles. The Hall–Kier alpha value is -4.00. The van der Waals surface area contributed by atoms with Gasteiger partial charge in [0.05, 0.1) is 23.6 Å². The lowest BCUT2D eigenvalue weighted by Crippen LogP contribution is -2.31. The third kappa shape index (κ3) is 3.06. The SMILES string of the molecule is COc1ccc(-c2nn(C)c3ncc4c(c23)C(=O)N(CCc2ccccc2)C4=O)cc1. The number of nitrogens with zero attached hydrogens (tertiary/aromatic N) is 4. The monoisotopic (exact) mass is 412 g/mol. The molecule has 4 aromatic rings. The standard InChI is InChI=1S/C24H20N4O3/c1-27-22-20(21(26-27)16-8-10-17(31-2)11-9-16)19-18(14-25-22)23(29)28(24(19)30)13-12-15-6-4-3-5-7-15/h3-11,14H,12-13H2,1-2H3. The minimum atomic E-state index is -0.310. The van der Waals surface area contributed by atoms with Crippen LogP contribution in [-0.2, 0) is 13.5 Å². The number of carbonyl (C=O) groups excluding carboxylic acids is 2. The molecule has 1 aliphatic rings. The van der Waals surface area contributed by atoms with Crippen LogP contribution < -0.4 is 4.74 Å². The Morgan fingerprint density at radius 3 is 2.42 bits per heavy atom. The summed E-state index contributed by atoms with van der Waals surface area (Å²) in [4.78, 5) is 32.1. The predicted molar refractivity (Wildman–Crippen MR) is 116 cm³/mol. The number of ether oxygens (including phenoxy) is 1. The van der Waals surface area contributed by atoms with Crippen LogP contribution in [0.1, 0.15) is 26.3 Å². The molecule has 5 rings (SSSR count). The third-order valence-electron chi connectivity index (χ3n) is 5.62. The molecule has 0 saturated carbocycles. The molecule has 2 amide bonds. The van der Waals surface area contributed by atoms with E-state index in [1.165, 1.54) is 11.1 Å².